The molecule has 1 aromatic heterocycles. The minimum absolute atomic E-state index is 0.0216. The molecule has 1 unspecified atom stereocenters. The summed E-state index contributed by atoms with van der Waals surface area (Å²) in [5.74, 6) is 0. The van der Waals surface area contributed by atoms with Gasteiger partial charge in [-0.15, -0.1) is 0 Å². The summed E-state index contributed by atoms with van der Waals surface area (Å²) >= 11 is 3.51. The van der Waals surface area contributed by atoms with Gasteiger partial charge in [0.2, 0.25) is 0 Å². The number of halogens is 1. The zero-order valence-electron chi connectivity index (χ0n) is 11.6. The van der Waals surface area contributed by atoms with Crippen molar-refractivity contribution in [2.45, 2.75) is 39.3 Å². The molecule has 0 radical (unpaired) electrons. The van der Waals surface area contributed by atoms with E-state index in [4.69, 9.17) is 5.73 Å². The van der Waals surface area contributed by atoms with Crippen molar-refractivity contribution in [2.75, 3.05) is 0 Å². The van der Waals surface area contributed by atoms with Crippen molar-refractivity contribution in [3.8, 4) is 0 Å². The van der Waals surface area contributed by atoms with Gasteiger partial charge < -0.3 is 5.73 Å². The molecule has 0 bridgehead atoms. The molecule has 102 valence electrons. The van der Waals surface area contributed by atoms with Gasteiger partial charge in [-0.25, -0.2) is 0 Å². The van der Waals surface area contributed by atoms with Gasteiger partial charge >= 0.3 is 0 Å². The standard InChI is InChI=1S/C15H20BrN3/c1-10(2)19-5-4-14(18-19)9-15(17)12-6-11(3)7-13(16)8-12/h4-8,10,15H,9,17H2,1-3H3. The number of hydrogen-bond acceptors (Lipinski definition) is 2. The molecule has 0 saturated carbocycles. The van der Waals surface area contributed by atoms with Crippen LogP contribution in [0.15, 0.2) is 34.9 Å². The van der Waals surface area contributed by atoms with E-state index < -0.39 is 0 Å². The molecule has 3 nitrogen and oxygen atoms in total. The van der Waals surface area contributed by atoms with Crippen LogP contribution in [0.5, 0.6) is 0 Å². The quantitative estimate of drug-likeness (QED) is 0.931. The molecule has 1 atom stereocenters. The van der Waals surface area contributed by atoms with E-state index in [2.05, 4.69) is 60.0 Å². The highest BCUT2D eigenvalue weighted by molar-refractivity contribution is 9.10. The Balaban J connectivity index is 2.13. The van der Waals surface area contributed by atoms with Crippen LogP contribution in [0.25, 0.3) is 0 Å². The summed E-state index contributed by atoms with van der Waals surface area (Å²) in [6.07, 6.45) is 2.77. The van der Waals surface area contributed by atoms with Crippen molar-refractivity contribution in [2.24, 2.45) is 5.73 Å². The second-order valence-corrected chi connectivity index (χ2v) is 6.17. The highest BCUT2D eigenvalue weighted by atomic mass is 79.9. The molecule has 0 fully saturated rings. The summed E-state index contributed by atoms with van der Waals surface area (Å²) in [4.78, 5) is 0. The van der Waals surface area contributed by atoms with Crippen molar-refractivity contribution in [1.29, 1.82) is 0 Å². The molecule has 0 saturated heterocycles. The van der Waals surface area contributed by atoms with Gasteiger partial charge in [-0.2, -0.15) is 5.10 Å². The molecule has 2 aromatic rings. The van der Waals surface area contributed by atoms with Gasteiger partial charge in [0.15, 0.2) is 0 Å². The Kier molecular flexibility index (Phi) is 4.42. The molecule has 1 heterocycles. The Morgan fingerprint density at radius 1 is 1.32 bits per heavy atom. The first-order valence-electron chi connectivity index (χ1n) is 6.52. The number of benzene rings is 1. The molecular formula is C15H20BrN3. The molecule has 0 spiro atoms. The van der Waals surface area contributed by atoms with Crippen LogP contribution < -0.4 is 5.73 Å². The maximum atomic E-state index is 6.28. The molecule has 0 aliphatic heterocycles. The smallest absolute Gasteiger partial charge is 0.0643 e. The van der Waals surface area contributed by atoms with Crippen LogP contribution in [0.2, 0.25) is 0 Å². The van der Waals surface area contributed by atoms with Crippen LogP contribution in [-0.2, 0) is 6.42 Å². The molecule has 0 aliphatic carbocycles. The van der Waals surface area contributed by atoms with E-state index in [1.165, 1.54) is 5.56 Å². The van der Waals surface area contributed by atoms with Gasteiger partial charge in [0, 0.05) is 29.2 Å². The fourth-order valence-corrected chi connectivity index (χ4v) is 2.72. The third-order valence-corrected chi connectivity index (χ3v) is 3.57. The van der Waals surface area contributed by atoms with E-state index in [0.29, 0.717) is 6.04 Å². The van der Waals surface area contributed by atoms with E-state index in [-0.39, 0.29) is 6.04 Å². The largest absolute Gasteiger partial charge is 0.324 e. The molecule has 0 amide bonds. The topological polar surface area (TPSA) is 43.8 Å². The van der Waals surface area contributed by atoms with Crippen molar-refractivity contribution in [1.82, 2.24) is 9.78 Å². The molecule has 2 rings (SSSR count). The summed E-state index contributed by atoms with van der Waals surface area (Å²) in [7, 11) is 0. The van der Waals surface area contributed by atoms with Crippen molar-refractivity contribution in [3.63, 3.8) is 0 Å². The highest BCUT2D eigenvalue weighted by Gasteiger charge is 2.11. The third kappa shape index (κ3) is 3.67. The number of aromatic nitrogens is 2. The number of nitrogens with two attached hydrogens (primary N) is 1. The maximum Gasteiger partial charge on any atom is 0.0643 e. The minimum Gasteiger partial charge on any atom is -0.324 e. The third-order valence-electron chi connectivity index (χ3n) is 3.11. The molecule has 1 aromatic carbocycles. The van der Waals surface area contributed by atoms with Crippen LogP contribution in [0.1, 0.15) is 42.8 Å². The molecule has 19 heavy (non-hydrogen) atoms. The fourth-order valence-electron chi connectivity index (χ4n) is 2.10. The predicted octanol–water partition coefficient (Wildman–Crippen LogP) is 3.78. The normalized spacial score (nSPS) is 12.9. The summed E-state index contributed by atoms with van der Waals surface area (Å²) < 4.78 is 3.04. The fraction of sp³-hybridized carbons (Fsp3) is 0.400. The predicted molar refractivity (Wildman–Crippen MR) is 82.1 cm³/mol. The number of hydrogen-bond donors (Lipinski definition) is 1. The van der Waals surface area contributed by atoms with Crippen LogP contribution in [0.3, 0.4) is 0 Å². The zero-order valence-corrected chi connectivity index (χ0v) is 13.2. The van der Waals surface area contributed by atoms with Crippen LogP contribution in [-0.4, -0.2) is 9.78 Å². The van der Waals surface area contributed by atoms with Gasteiger partial charge in [0.25, 0.3) is 0 Å². The highest BCUT2D eigenvalue weighted by Crippen LogP contribution is 2.21. The SMILES string of the molecule is Cc1cc(Br)cc(C(N)Cc2ccn(C(C)C)n2)c1. The van der Waals surface area contributed by atoms with Crippen molar-refractivity contribution in [3.05, 3.63) is 51.8 Å². The Morgan fingerprint density at radius 3 is 2.63 bits per heavy atom. The van der Waals surface area contributed by atoms with E-state index >= 15 is 0 Å². The van der Waals surface area contributed by atoms with E-state index in [0.717, 1.165) is 22.2 Å². The van der Waals surface area contributed by atoms with Crippen LogP contribution >= 0.6 is 15.9 Å². The Hall–Kier alpha value is -1.13. The summed E-state index contributed by atoms with van der Waals surface area (Å²) in [6, 6.07) is 8.71. The first kappa shape index (κ1) is 14.3. The van der Waals surface area contributed by atoms with E-state index in [9.17, 15) is 0 Å². The van der Waals surface area contributed by atoms with Gasteiger partial charge in [-0.05, 0) is 50.1 Å². The Labute approximate surface area is 122 Å². The summed E-state index contributed by atoms with van der Waals surface area (Å²) in [5, 5.41) is 4.55. The van der Waals surface area contributed by atoms with Gasteiger partial charge in [-0.3, -0.25) is 4.68 Å². The Bertz CT molecular complexity index is 540. The van der Waals surface area contributed by atoms with Crippen LogP contribution in [0.4, 0.5) is 0 Å². The molecule has 0 aliphatic rings. The molecular weight excluding hydrogens is 302 g/mol. The van der Waals surface area contributed by atoms with Crippen molar-refractivity contribution < 1.29 is 0 Å². The average molecular weight is 322 g/mol. The van der Waals surface area contributed by atoms with Crippen molar-refractivity contribution >= 4 is 15.9 Å². The lowest BCUT2D eigenvalue weighted by atomic mass is 10.0. The lowest BCUT2D eigenvalue weighted by Crippen LogP contribution is -2.14. The van der Waals surface area contributed by atoms with Gasteiger partial charge in [0.1, 0.15) is 0 Å². The summed E-state index contributed by atoms with van der Waals surface area (Å²) in [5.41, 5.74) is 9.68. The van der Waals surface area contributed by atoms with Gasteiger partial charge in [0.05, 0.1) is 5.69 Å². The zero-order chi connectivity index (χ0) is 14.0. The van der Waals surface area contributed by atoms with Gasteiger partial charge in [-0.1, -0.05) is 22.0 Å². The average Bonchev–Trinajstić information content (AvgIpc) is 2.76. The molecule has 2 N–H and O–H groups in total. The first-order valence-corrected chi connectivity index (χ1v) is 7.31. The lowest BCUT2D eigenvalue weighted by molar-refractivity contribution is 0.522. The second kappa shape index (κ2) is 5.88. The van der Waals surface area contributed by atoms with Crippen LogP contribution in [0, 0.1) is 6.92 Å². The maximum absolute atomic E-state index is 6.28. The molecule has 4 heteroatoms. The summed E-state index contributed by atoms with van der Waals surface area (Å²) in [6.45, 7) is 6.32. The number of rotatable bonds is 4. The number of nitrogens with zero attached hydrogens (tertiary/aromatic N) is 2. The monoisotopic (exact) mass is 321 g/mol. The lowest BCUT2D eigenvalue weighted by Gasteiger charge is -2.12. The first-order chi connectivity index (χ1) is 8.95. The number of aryl methyl sites for hydroxylation is 1. The van der Waals surface area contributed by atoms with E-state index in [1.807, 2.05) is 16.9 Å². The Morgan fingerprint density at radius 2 is 2.05 bits per heavy atom. The minimum atomic E-state index is -0.0216. The second-order valence-electron chi connectivity index (χ2n) is 5.25. The van der Waals surface area contributed by atoms with E-state index in [1.54, 1.807) is 0 Å².